The summed E-state index contributed by atoms with van der Waals surface area (Å²) in [5, 5.41) is 11.0. The van der Waals surface area contributed by atoms with Crippen LogP contribution in [0.1, 0.15) is 38.7 Å². The normalized spacial score (nSPS) is 14.9. The zero-order valence-electron chi connectivity index (χ0n) is 18.4. The molecule has 6 nitrogen and oxygen atoms in total. The van der Waals surface area contributed by atoms with E-state index in [9.17, 15) is 10.1 Å². The highest BCUT2D eigenvalue weighted by Gasteiger charge is 2.31. The predicted molar refractivity (Wildman–Crippen MR) is 128 cm³/mol. The number of carbonyl (C=O) groups excluding carboxylic acids is 1. The third kappa shape index (κ3) is 3.66. The Labute approximate surface area is 200 Å². The van der Waals surface area contributed by atoms with Gasteiger partial charge in [0.25, 0.3) is 0 Å². The van der Waals surface area contributed by atoms with Gasteiger partial charge in [0.05, 0.1) is 5.92 Å². The van der Waals surface area contributed by atoms with Crippen molar-refractivity contribution in [2.45, 2.75) is 19.8 Å². The topological polar surface area (TPSA) is 98.5 Å². The van der Waals surface area contributed by atoms with Gasteiger partial charge in [0.2, 0.25) is 11.6 Å². The molecule has 1 atom stereocenters. The van der Waals surface area contributed by atoms with Crippen molar-refractivity contribution in [3.63, 3.8) is 0 Å². The Balaban J connectivity index is 1.49. The summed E-state index contributed by atoms with van der Waals surface area (Å²) >= 11 is 6.07. The van der Waals surface area contributed by atoms with Crippen LogP contribution in [0, 0.1) is 25.2 Å². The van der Waals surface area contributed by atoms with Crippen molar-refractivity contribution in [1.29, 1.82) is 5.26 Å². The molecular formula is C27H19ClN2O4. The number of allylic oxidation sites excluding steroid dienone is 1. The molecule has 0 fully saturated rings. The van der Waals surface area contributed by atoms with Gasteiger partial charge in [-0.05, 0) is 43.7 Å². The van der Waals surface area contributed by atoms with E-state index in [4.69, 9.17) is 31.2 Å². The van der Waals surface area contributed by atoms with Crippen LogP contribution >= 0.6 is 11.6 Å². The molecule has 0 saturated carbocycles. The first-order valence-electron chi connectivity index (χ1n) is 10.5. The molecular weight excluding hydrogens is 452 g/mol. The van der Waals surface area contributed by atoms with Gasteiger partial charge in [-0.2, -0.15) is 5.26 Å². The highest BCUT2D eigenvalue weighted by atomic mass is 35.5. The number of fused-ring (bicyclic) bond motifs is 2. The van der Waals surface area contributed by atoms with Crippen molar-refractivity contribution >= 4 is 28.5 Å². The first kappa shape index (κ1) is 21.6. The Bertz CT molecular complexity index is 1530. The van der Waals surface area contributed by atoms with E-state index in [2.05, 4.69) is 6.07 Å². The molecule has 0 radical (unpaired) electrons. The third-order valence-electron chi connectivity index (χ3n) is 5.90. The molecule has 5 rings (SSSR count). The molecule has 34 heavy (non-hydrogen) atoms. The summed E-state index contributed by atoms with van der Waals surface area (Å²) in [5.41, 5.74) is 10.4. The summed E-state index contributed by atoms with van der Waals surface area (Å²) in [4.78, 5) is 12.9. The Morgan fingerprint density at radius 1 is 1.09 bits per heavy atom. The van der Waals surface area contributed by atoms with E-state index in [1.165, 1.54) is 0 Å². The fourth-order valence-electron chi connectivity index (χ4n) is 4.14. The maximum Gasteiger partial charge on any atom is 0.379 e. The molecule has 1 aliphatic heterocycles. The number of benzene rings is 3. The zero-order valence-corrected chi connectivity index (χ0v) is 19.1. The molecule has 0 saturated heterocycles. The van der Waals surface area contributed by atoms with Crippen LogP contribution in [0.5, 0.6) is 11.5 Å². The van der Waals surface area contributed by atoms with Crippen LogP contribution in [0.4, 0.5) is 0 Å². The Morgan fingerprint density at radius 2 is 1.85 bits per heavy atom. The van der Waals surface area contributed by atoms with Crippen molar-refractivity contribution in [3.05, 3.63) is 105 Å². The number of rotatable bonds is 3. The summed E-state index contributed by atoms with van der Waals surface area (Å²) in [6, 6.07) is 20.2. The van der Waals surface area contributed by atoms with Crippen LogP contribution in [-0.4, -0.2) is 5.97 Å². The van der Waals surface area contributed by atoms with Crippen LogP contribution in [0.3, 0.4) is 0 Å². The number of carbonyl (C=O) groups is 1. The standard InChI is InChI=1S/C27H19ClN2O4/c1-14-3-5-16(6-4-14)24-19-9-8-18(12-23(19)34-26(30)21(24)13-29)32-27(31)25-15(2)20-11-17(28)7-10-22(20)33-25/h3-12,24H,30H2,1-2H3. The second kappa shape index (κ2) is 8.29. The molecule has 1 aliphatic rings. The second-order valence-corrected chi connectivity index (χ2v) is 8.56. The maximum atomic E-state index is 12.9. The highest BCUT2D eigenvalue weighted by molar-refractivity contribution is 6.31. The van der Waals surface area contributed by atoms with Gasteiger partial charge >= 0.3 is 5.97 Å². The van der Waals surface area contributed by atoms with E-state index in [1.807, 2.05) is 31.2 Å². The van der Waals surface area contributed by atoms with Gasteiger partial charge in [-0.3, -0.25) is 0 Å². The molecule has 2 heterocycles. The molecule has 0 spiro atoms. The fourth-order valence-corrected chi connectivity index (χ4v) is 4.31. The molecule has 1 aromatic heterocycles. The van der Waals surface area contributed by atoms with Crippen LogP contribution < -0.4 is 15.2 Å². The van der Waals surface area contributed by atoms with Crippen LogP contribution in [0.15, 0.2) is 76.5 Å². The van der Waals surface area contributed by atoms with Crippen LogP contribution in [0.2, 0.25) is 5.02 Å². The summed E-state index contributed by atoms with van der Waals surface area (Å²) < 4.78 is 17.0. The number of aryl methyl sites for hydroxylation is 2. The van der Waals surface area contributed by atoms with Gasteiger partial charge in [0.15, 0.2) is 0 Å². The predicted octanol–water partition coefficient (Wildman–Crippen LogP) is 6.14. The number of ether oxygens (including phenoxy) is 2. The molecule has 2 N–H and O–H groups in total. The fraction of sp³-hybridized carbons (Fsp3) is 0.111. The lowest BCUT2D eigenvalue weighted by Gasteiger charge is -2.26. The average Bonchev–Trinajstić information content (AvgIpc) is 3.14. The molecule has 0 aliphatic carbocycles. The van der Waals surface area contributed by atoms with E-state index in [1.54, 1.807) is 43.3 Å². The first-order chi connectivity index (χ1) is 16.4. The van der Waals surface area contributed by atoms with Crippen molar-refractivity contribution in [2.75, 3.05) is 0 Å². The van der Waals surface area contributed by atoms with Gasteiger partial charge in [0.1, 0.15) is 28.7 Å². The molecule has 3 aromatic carbocycles. The monoisotopic (exact) mass is 470 g/mol. The lowest BCUT2D eigenvalue weighted by atomic mass is 9.83. The van der Waals surface area contributed by atoms with Gasteiger partial charge in [-0.1, -0.05) is 47.5 Å². The minimum atomic E-state index is -0.642. The van der Waals surface area contributed by atoms with Crippen molar-refractivity contribution in [1.82, 2.24) is 0 Å². The number of esters is 1. The SMILES string of the molecule is Cc1ccc(C2C(C#N)=C(N)Oc3cc(OC(=O)c4oc5ccc(Cl)cc5c4C)ccc32)cc1. The zero-order chi connectivity index (χ0) is 24.0. The minimum Gasteiger partial charge on any atom is -0.449 e. The van der Waals surface area contributed by atoms with Gasteiger partial charge in [-0.15, -0.1) is 0 Å². The Kier molecular flexibility index (Phi) is 5.27. The number of halogens is 1. The van der Waals surface area contributed by atoms with Gasteiger partial charge in [0, 0.05) is 27.6 Å². The molecule has 1 unspecified atom stereocenters. The molecule has 168 valence electrons. The largest absolute Gasteiger partial charge is 0.449 e. The number of nitriles is 1. The number of hydrogen-bond acceptors (Lipinski definition) is 6. The lowest BCUT2D eigenvalue weighted by Crippen LogP contribution is -2.21. The quantitative estimate of drug-likeness (QED) is 0.285. The smallest absolute Gasteiger partial charge is 0.379 e. The number of nitrogens with zero attached hydrogens (tertiary/aromatic N) is 1. The minimum absolute atomic E-state index is 0.0223. The number of nitrogens with two attached hydrogens (primary N) is 1. The number of hydrogen-bond donors (Lipinski definition) is 1. The maximum absolute atomic E-state index is 12.9. The lowest BCUT2D eigenvalue weighted by molar-refractivity contribution is 0.0702. The molecule has 0 amide bonds. The first-order valence-corrected chi connectivity index (χ1v) is 10.9. The summed E-state index contributed by atoms with van der Waals surface area (Å²) in [6.07, 6.45) is 0. The van der Waals surface area contributed by atoms with Crippen molar-refractivity contribution in [2.24, 2.45) is 5.73 Å². The molecule has 0 bridgehead atoms. The summed E-state index contributed by atoms with van der Waals surface area (Å²) in [7, 11) is 0. The highest BCUT2D eigenvalue weighted by Crippen LogP contribution is 2.43. The van der Waals surface area contributed by atoms with Crippen molar-refractivity contribution < 1.29 is 18.7 Å². The summed E-state index contributed by atoms with van der Waals surface area (Å²) in [5.74, 6) is -0.231. The summed E-state index contributed by atoms with van der Waals surface area (Å²) in [6.45, 7) is 3.77. The van der Waals surface area contributed by atoms with E-state index in [0.29, 0.717) is 27.5 Å². The Hall–Kier alpha value is -4.21. The molecule has 7 heteroatoms. The van der Waals surface area contributed by atoms with E-state index < -0.39 is 5.97 Å². The van der Waals surface area contributed by atoms with Crippen molar-refractivity contribution in [3.8, 4) is 17.6 Å². The Morgan fingerprint density at radius 3 is 2.59 bits per heavy atom. The molecule has 4 aromatic rings. The van der Waals surface area contributed by atoms with E-state index in [-0.39, 0.29) is 23.3 Å². The third-order valence-corrected chi connectivity index (χ3v) is 6.13. The average molecular weight is 471 g/mol. The second-order valence-electron chi connectivity index (χ2n) is 8.12. The van der Waals surface area contributed by atoms with Gasteiger partial charge < -0.3 is 19.6 Å². The number of furan rings is 1. The van der Waals surface area contributed by atoms with E-state index in [0.717, 1.165) is 22.1 Å². The van der Waals surface area contributed by atoms with E-state index >= 15 is 0 Å². The van der Waals surface area contributed by atoms with Crippen LogP contribution in [-0.2, 0) is 0 Å². The van der Waals surface area contributed by atoms with Gasteiger partial charge in [-0.25, -0.2) is 4.79 Å². The van der Waals surface area contributed by atoms with Crippen LogP contribution in [0.25, 0.3) is 11.0 Å².